The third kappa shape index (κ3) is 5.46. The maximum Gasteiger partial charge on any atom is 0.0313 e. The van der Waals surface area contributed by atoms with Gasteiger partial charge in [-0.25, -0.2) is 0 Å². The molecule has 0 heterocycles. The summed E-state index contributed by atoms with van der Waals surface area (Å²) < 4.78 is 0. The minimum Gasteiger partial charge on any atom is -0.399 e. The first kappa shape index (κ1) is 12.7. The van der Waals surface area contributed by atoms with E-state index < -0.39 is 0 Å². The molecular formula is C6H7NNa2. The summed E-state index contributed by atoms with van der Waals surface area (Å²) in [6, 6.07) is 9.49. The zero-order valence-electron chi connectivity index (χ0n) is 5.96. The maximum absolute atomic E-state index is 5.36. The van der Waals surface area contributed by atoms with Crippen LogP contribution >= 0.6 is 0 Å². The van der Waals surface area contributed by atoms with Crippen molar-refractivity contribution >= 4 is 64.8 Å². The summed E-state index contributed by atoms with van der Waals surface area (Å²) in [4.78, 5) is 0. The second kappa shape index (κ2) is 7.13. The van der Waals surface area contributed by atoms with Crippen LogP contribution in [0.2, 0.25) is 0 Å². The minimum absolute atomic E-state index is 0. The Morgan fingerprint density at radius 1 is 0.889 bits per heavy atom. The summed E-state index contributed by atoms with van der Waals surface area (Å²) in [5.74, 6) is 0. The number of hydrogen-bond donors (Lipinski definition) is 1. The average Bonchev–Trinajstić information content (AvgIpc) is 1.69. The summed E-state index contributed by atoms with van der Waals surface area (Å²) in [6.07, 6.45) is 0. The molecule has 0 fully saturated rings. The van der Waals surface area contributed by atoms with Crippen LogP contribution in [-0.2, 0) is 0 Å². The Hall–Kier alpha value is 1.02. The van der Waals surface area contributed by atoms with Crippen molar-refractivity contribution < 1.29 is 0 Å². The summed E-state index contributed by atoms with van der Waals surface area (Å²) in [6.45, 7) is 0. The van der Waals surface area contributed by atoms with E-state index in [1.807, 2.05) is 30.3 Å². The van der Waals surface area contributed by atoms with Crippen LogP contribution in [0.3, 0.4) is 0 Å². The van der Waals surface area contributed by atoms with Gasteiger partial charge in [-0.15, -0.1) is 0 Å². The van der Waals surface area contributed by atoms with Gasteiger partial charge in [0.2, 0.25) is 0 Å². The van der Waals surface area contributed by atoms with E-state index in [-0.39, 0.29) is 59.1 Å². The Labute approximate surface area is 99.6 Å². The van der Waals surface area contributed by atoms with Crippen LogP contribution in [-0.4, -0.2) is 59.1 Å². The van der Waals surface area contributed by atoms with E-state index >= 15 is 0 Å². The number of hydrogen-bond acceptors (Lipinski definition) is 1. The Bertz CT molecular complexity index is 141. The fraction of sp³-hybridized carbons (Fsp3) is 0. The number of para-hydroxylation sites is 1. The first-order valence-corrected chi connectivity index (χ1v) is 2.20. The van der Waals surface area contributed by atoms with Gasteiger partial charge in [0.05, 0.1) is 0 Å². The molecule has 0 saturated carbocycles. The Kier molecular flexibility index (Phi) is 10.0. The monoisotopic (exact) mass is 139 g/mol. The van der Waals surface area contributed by atoms with Gasteiger partial charge < -0.3 is 5.73 Å². The SMILES string of the molecule is Nc1ccccc1.[Na].[Na]. The van der Waals surface area contributed by atoms with Crippen molar-refractivity contribution in [1.82, 2.24) is 0 Å². The molecule has 1 nitrogen and oxygen atoms in total. The van der Waals surface area contributed by atoms with Gasteiger partial charge in [0.25, 0.3) is 0 Å². The molecule has 0 spiro atoms. The quantitative estimate of drug-likeness (QED) is 0.411. The van der Waals surface area contributed by atoms with E-state index in [4.69, 9.17) is 5.73 Å². The number of benzene rings is 1. The zero-order valence-corrected chi connectivity index (χ0v) is 9.96. The topological polar surface area (TPSA) is 26.0 Å². The zero-order chi connectivity index (χ0) is 5.11. The van der Waals surface area contributed by atoms with Gasteiger partial charge in [0.15, 0.2) is 0 Å². The Morgan fingerprint density at radius 3 is 1.56 bits per heavy atom. The van der Waals surface area contributed by atoms with Crippen molar-refractivity contribution in [3.8, 4) is 0 Å². The molecule has 0 unspecified atom stereocenters. The largest absolute Gasteiger partial charge is 0.399 e. The van der Waals surface area contributed by atoms with Crippen LogP contribution in [0.1, 0.15) is 0 Å². The molecule has 0 aromatic heterocycles. The molecule has 0 aliphatic rings. The first-order valence-electron chi connectivity index (χ1n) is 2.20. The maximum atomic E-state index is 5.36. The summed E-state index contributed by atoms with van der Waals surface area (Å²) >= 11 is 0. The minimum atomic E-state index is 0. The van der Waals surface area contributed by atoms with Gasteiger partial charge in [-0.05, 0) is 12.1 Å². The van der Waals surface area contributed by atoms with E-state index in [1.165, 1.54) is 0 Å². The molecule has 0 atom stereocenters. The second-order valence-electron chi connectivity index (χ2n) is 1.41. The number of nitrogens with two attached hydrogens (primary N) is 1. The van der Waals surface area contributed by atoms with Gasteiger partial charge in [-0.2, -0.15) is 0 Å². The van der Waals surface area contributed by atoms with Crippen LogP contribution in [0.15, 0.2) is 30.3 Å². The Morgan fingerprint density at radius 2 is 1.33 bits per heavy atom. The molecule has 1 aromatic rings. The number of rotatable bonds is 0. The summed E-state index contributed by atoms with van der Waals surface area (Å²) in [5.41, 5.74) is 6.18. The Balaban J connectivity index is 0. The standard InChI is InChI=1S/C6H7N.2Na/c7-6-4-2-1-3-5-6;;/h1-5H,7H2;;. The van der Waals surface area contributed by atoms with Crippen LogP contribution in [0.5, 0.6) is 0 Å². The van der Waals surface area contributed by atoms with Gasteiger partial charge >= 0.3 is 0 Å². The van der Waals surface area contributed by atoms with Gasteiger partial charge in [0, 0.05) is 64.8 Å². The van der Waals surface area contributed by atoms with Crippen LogP contribution in [0.4, 0.5) is 5.69 Å². The normalized spacial score (nSPS) is 6.67. The van der Waals surface area contributed by atoms with Gasteiger partial charge in [0.1, 0.15) is 0 Å². The van der Waals surface area contributed by atoms with Crippen molar-refractivity contribution in [3.05, 3.63) is 30.3 Å². The van der Waals surface area contributed by atoms with E-state index in [0.29, 0.717) is 0 Å². The molecule has 0 aliphatic heterocycles. The second-order valence-corrected chi connectivity index (χ2v) is 1.41. The molecule has 2 N–H and O–H groups in total. The van der Waals surface area contributed by atoms with Crippen molar-refractivity contribution in [3.63, 3.8) is 0 Å². The fourth-order valence-corrected chi connectivity index (χ4v) is 0.453. The fourth-order valence-electron chi connectivity index (χ4n) is 0.453. The molecule has 0 saturated heterocycles. The van der Waals surface area contributed by atoms with Crippen LogP contribution in [0.25, 0.3) is 0 Å². The van der Waals surface area contributed by atoms with Crippen molar-refractivity contribution in [2.24, 2.45) is 0 Å². The summed E-state index contributed by atoms with van der Waals surface area (Å²) in [7, 11) is 0. The molecular weight excluding hydrogens is 132 g/mol. The van der Waals surface area contributed by atoms with Gasteiger partial charge in [-0.3, -0.25) is 0 Å². The van der Waals surface area contributed by atoms with Crippen LogP contribution < -0.4 is 5.73 Å². The number of anilines is 1. The third-order valence-corrected chi connectivity index (χ3v) is 0.800. The molecule has 3 heteroatoms. The van der Waals surface area contributed by atoms with Crippen molar-refractivity contribution in [1.29, 1.82) is 0 Å². The molecule has 9 heavy (non-hydrogen) atoms. The predicted molar refractivity (Wildman–Crippen MR) is 42.4 cm³/mol. The van der Waals surface area contributed by atoms with E-state index in [2.05, 4.69) is 0 Å². The van der Waals surface area contributed by atoms with Gasteiger partial charge in [-0.1, -0.05) is 18.2 Å². The predicted octanol–water partition coefficient (Wildman–Crippen LogP) is 0.507. The smallest absolute Gasteiger partial charge is 0.0313 e. The molecule has 1 aromatic carbocycles. The van der Waals surface area contributed by atoms with Crippen molar-refractivity contribution in [2.45, 2.75) is 0 Å². The molecule has 0 amide bonds. The third-order valence-electron chi connectivity index (χ3n) is 0.800. The molecule has 0 aliphatic carbocycles. The summed E-state index contributed by atoms with van der Waals surface area (Å²) in [5, 5.41) is 0. The van der Waals surface area contributed by atoms with E-state index in [0.717, 1.165) is 5.69 Å². The molecule has 1 rings (SSSR count). The first-order chi connectivity index (χ1) is 3.39. The van der Waals surface area contributed by atoms with E-state index in [1.54, 1.807) is 0 Å². The average molecular weight is 139 g/mol. The van der Waals surface area contributed by atoms with Crippen LogP contribution in [0, 0.1) is 0 Å². The molecule has 0 bridgehead atoms. The molecule has 38 valence electrons. The molecule has 2 radical (unpaired) electrons. The van der Waals surface area contributed by atoms with Crippen molar-refractivity contribution in [2.75, 3.05) is 5.73 Å². The van der Waals surface area contributed by atoms with E-state index in [9.17, 15) is 0 Å². The number of nitrogen functional groups attached to an aromatic ring is 1.